The van der Waals surface area contributed by atoms with Gasteiger partial charge in [0.1, 0.15) is 6.73 Å². The summed E-state index contributed by atoms with van der Waals surface area (Å²) >= 11 is 0. The van der Waals surface area contributed by atoms with Crippen LogP contribution in [0.5, 0.6) is 0 Å². The van der Waals surface area contributed by atoms with Crippen molar-refractivity contribution in [3.05, 3.63) is 12.7 Å². The molecule has 0 aliphatic rings. The molecule has 0 aromatic rings. The Balaban J connectivity index is 3.67. The average Bonchev–Trinajstić information content (AvgIpc) is 2.11. The maximum Gasteiger partial charge on any atom is 0.316 e. The predicted molar refractivity (Wildman–Crippen MR) is 46.6 cm³/mol. The van der Waals surface area contributed by atoms with Crippen molar-refractivity contribution in [1.82, 2.24) is 10.2 Å². The van der Waals surface area contributed by atoms with Crippen LogP contribution in [0.3, 0.4) is 0 Å². The van der Waals surface area contributed by atoms with Gasteiger partial charge < -0.3 is 21.1 Å². The molecule has 0 atom stereocenters. The summed E-state index contributed by atoms with van der Waals surface area (Å²) in [5, 5.41) is 11.0. The van der Waals surface area contributed by atoms with Crippen LogP contribution < -0.4 is 11.1 Å². The van der Waals surface area contributed by atoms with Crippen LogP contribution in [0.4, 0.5) is 4.79 Å². The van der Waals surface area contributed by atoms with E-state index in [-0.39, 0.29) is 19.0 Å². The highest BCUT2D eigenvalue weighted by Gasteiger charge is 2.06. The molecule has 0 aliphatic carbocycles. The fraction of sp³-hybridized carbons (Fsp3) is 0.429. The summed E-state index contributed by atoms with van der Waals surface area (Å²) in [7, 11) is 0. The van der Waals surface area contributed by atoms with Gasteiger partial charge >= 0.3 is 6.03 Å². The molecule has 6 nitrogen and oxygen atoms in total. The van der Waals surface area contributed by atoms with E-state index in [2.05, 4.69) is 11.9 Å². The molecule has 0 aromatic carbocycles. The van der Waals surface area contributed by atoms with Crippen LogP contribution in [0.25, 0.3) is 0 Å². The van der Waals surface area contributed by atoms with Gasteiger partial charge in [0.15, 0.2) is 0 Å². The standard InChI is InChI=1S/C7H13N3O3/c1-2-6(12)9-3-4-10(5-11)7(8)13/h2,11H,1,3-5H2,(H2,8,13)(H,9,12). The number of carbonyl (C=O) groups is 2. The number of hydrogen-bond acceptors (Lipinski definition) is 3. The van der Waals surface area contributed by atoms with Crippen LogP contribution in [-0.2, 0) is 4.79 Å². The first kappa shape index (κ1) is 11.4. The number of rotatable bonds is 5. The summed E-state index contributed by atoms with van der Waals surface area (Å²) < 4.78 is 0. The smallest absolute Gasteiger partial charge is 0.316 e. The maximum atomic E-state index is 10.6. The van der Waals surface area contributed by atoms with E-state index < -0.39 is 12.8 Å². The number of amides is 3. The SMILES string of the molecule is C=CC(=O)NCCN(CO)C(N)=O. The molecule has 0 fully saturated rings. The van der Waals surface area contributed by atoms with E-state index in [0.717, 1.165) is 11.0 Å². The fourth-order valence-electron chi connectivity index (χ4n) is 0.637. The molecule has 0 heterocycles. The molecule has 6 heteroatoms. The predicted octanol–water partition coefficient (Wildman–Crippen LogP) is -1.38. The first-order chi connectivity index (χ1) is 6.11. The summed E-state index contributed by atoms with van der Waals surface area (Å²) in [6.45, 7) is 3.19. The lowest BCUT2D eigenvalue weighted by molar-refractivity contribution is -0.116. The number of nitrogens with one attached hydrogen (secondary N) is 1. The van der Waals surface area contributed by atoms with Crippen molar-refractivity contribution < 1.29 is 14.7 Å². The number of nitrogens with zero attached hydrogens (tertiary/aromatic N) is 1. The average molecular weight is 187 g/mol. The van der Waals surface area contributed by atoms with Crippen molar-refractivity contribution in [3.8, 4) is 0 Å². The minimum Gasteiger partial charge on any atom is -0.376 e. The van der Waals surface area contributed by atoms with Gasteiger partial charge in [0.05, 0.1) is 0 Å². The quantitative estimate of drug-likeness (QED) is 0.365. The molecule has 0 unspecified atom stereocenters. The summed E-state index contributed by atoms with van der Waals surface area (Å²) in [6, 6.07) is -0.727. The van der Waals surface area contributed by atoms with Crippen molar-refractivity contribution in [2.45, 2.75) is 0 Å². The number of carbonyl (C=O) groups excluding carboxylic acids is 2. The number of aliphatic hydroxyl groups excluding tert-OH is 1. The molecular weight excluding hydrogens is 174 g/mol. The highest BCUT2D eigenvalue weighted by molar-refractivity contribution is 5.86. The Morgan fingerprint density at radius 1 is 1.62 bits per heavy atom. The van der Waals surface area contributed by atoms with E-state index in [0.29, 0.717) is 0 Å². The normalized spacial score (nSPS) is 9.00. The number of urea groups is 1. The lowest BCUT2D eigenvalue weighted by Crippen LogP contribution is -2.41. The van der Waals surface area contributed by atoms with Crippen LogP contribution in [0.1, 0.15) is 0 Å². The molecule has 0 aromatic heterocycles. The molecule has 4 N–H and O–H groups in total. The molecule has 0 rings (SSSR count). The summed E-state index contributed by atoms with van der Waals surface area (Å²) in [5.74, 6) is -0.331. The zero-order valence-corrected chi connectivity index (χ0v) is 7.19. The zero-order valence-electron chi connectivity index (χ0n) is 7.19. The van der Waals surface area contributed by atoms with Crippen LogP contribution in [0, 0.1) is 0 Å². The highest BCUT2D eigenvalue weighted by atomic mass is 16.3. The Morgan fingerprint density at radius 3 is 2.62 bits per heavy atom. The lowest BCUT2D eigenvalue weighted by Gasteiger charge is -2.16. The van der Waals surface area contributed by atoms with E-state index in [1.807, 2.05) is 0 Å². The highest BCUT2D eigenvalue weighted by Crippen LogP contribution is 1.83. The summed E-state index contributed by atoms with van der Waals surface area (Å²) in [6.07, 6.45) is 1.12. The minimum absolute atomic E-state index is 0.172. The second kappa shape index (κ2) is 6.01. The van der Waals surface area contributed by atoms with Gasteiger partial charge in [-0.1, -0.05) is 6.58 Å². The molecule has 0 aliphatic heterocycles. The van der Waals surface area contributed by atoms with Gasteiger partial charge in [-0.3, -0.25) is 4.79 Å². The van der Waals surface area contributed by atoms with Gasteiger partial charge in [-0.25, -0.2) is 4.79 Å². The Kier molecular flexibility index (Phi) is 5.29. The second-order valence-electron chi connectivity index (χ2n) is 2.24. The van der Waals surface area contributed by atoms with E-state index in [4.69, 9.17) is 10.8 Å². The van der Waals surface area contributed by atoms with Crippen LogP contribution in [-0.4, -0.2) is 41.8 Å². The Morgan fingerprint density at radius 2 is 2.23 bits per heavy atom. The van der Waals surface area contributed by atoms with E-state index in [1.54, 1.807) is 0 Å². The van der Waals surface area contributed by atoms with Gasteiger partial charge in [0, 0.05) is 13.1 Å². The Hall–Kier alpha value is -1.56. The molecule has 0 spiro atoms. The van der Waals surface area contributed by atoms with E-state index >= 15 is 0 Å². The molecule has 0 bridgehead atoms. The van der Waals surface area contributed by atoms with Crippen molar-refractivity contribution in [2.24, 2.45) is 5.73 Å². The third-order valence-corrected chi connectivity index (χ3v) is 1.35. The van der Waals surface area contributed by atoms with Crippen LogP contribution in [0.15, 0.2) is 12.7 Å². The van der Waals surface area contributed by atoms with Crippen molar-refractivity contribution in [1.29, 1.82) is 0 Å². The third kappa shape index (κ3) is 4.81. The lowest BCUT2D eigenvalue weighted by atomic mass is 10.5. The summed E-state index contributed by atoms with van der Waals surface area (Å²) in [5.41, 5.74) is 4.89. The molecule has 0 radical (unpaired) electrons. The van der Waals surface area contributed by atoms with E-state index in [1.165, 1.54) is 0 Å². The Bertz CT molecular complexity index is 205. The largest absolute Gasteiger partial charge is 0.376 e. The number of hydrogen-bond donors (Lipinski definition) is 3. The molecule has 0 saturated carbocycles. The first-order valence-electron chi connectivity index (χ1n) is 3.67. The third-order valence-electron chi connectivity index (χ3n) is 1.35. The number of nitrogens with two attached hydrogens (primary N) is 1. The molecule has 13 heavy (non-hydrogen) atoms. The molecular formula is C7H13N3O3. The Labute approximate surface area is 76.0 Å². The van der Waals surface area contributed by atoms with Crippen molar-refractivity contribution >= 4 is 11.9 Å². The monoisotopic (exact) mass is 187 g/mol. The van der Waals surface area contributed by atoms with Crippen molar-refractivity contribution in [3.63, 3.8) is 0 Å². The molecule has 3 amide bonds. The molecule has 74 valence electrons. The van der Waals surface area contributed by atoms with Crippen LogP contribution >= 0.6 is 0 Å². The maximum absolute atomic E-state index is 10.6. The van der Waals surface area contributed by atoms with E-state index in [9.17, 15) is 9.59 Å². The van der Waals surface area contributed by atoms with Gasteiger partial charge in [-0.2, -0.15) is 0 Å². The first-order valence-corrected chi connectivity index (χ1v) is 3.67. The number of primary amides is 1. The van der Waals surface area contributed by atoms with Crippen molar-refractivity contribution in [2.75, 3.05) is 19.8 Å². The van der Waals surface area contributed by atoms with Crippen LogP contribution in [0.2, 0.25) is 0 Å². The number of aliphatic hydroxyl groups is 1. The van der Waals surface area contributed by atoms with Gasteiger partial charge in [-0.15, -0.1) is 0 Å². The summed E-state index contributed by atoms with van der Waals surface area (Å²) in [4.78, 5) is 22.1. The second-order valence-corrected chi connectivity index (χ2v) is 2.24. The van der Waals surface area contributed by atoms with Gasteiger partial charge in [-0.05, 0) is 6.08 Å². The van der Waals surface area contributed by atoms with Gasteiger partial charge in [0.25, 0.3) is 0 Å². The minimum atomic E-state index is -0.727. The molecule has 0 saturated heterocycles. The zero-order chi connectivity index (χ0) is 10.3. The fourth-order valence-corrected chi connectivity index (χ4v) is 0.637. The topological polar surface area (TPSA) is 95.7 Å². The van der Waals surface area contributed by atoms with Gasteiger partial charge in [0.2, 0.25) is 5.91 Å².